The number of nitrogens with zero attached hydrogens (tertiary/aromatic N) is 2. The lowest BCUT2D eigenvalue weighted by Crippen LogP contribution is -1.96. The summed E-state index contributed by atoms with van der Waals surface area (Å²) < 4.78 is 16.6. The first-order chi connectivity index (χ1) is 8.19. The fraction of sp³-hybridized carbons (Fsp3) is 0.273. The van der Waals surface area contributed by atoms with Gasteiger partial charge < -0.3 is 13.9 Å². The molecule has 0 saturated carbocycles. The van der Waals surface area contributed by atoms with E-state index in [1.165, 1.54) is 0 Å². The van der Waals surface area contributed by atoms with Crippen molar-refractivity contribution >= 4 is 15.9 Å². The van der Waals surface area contributed by atoms with Gasteiger partial charge in [0, 0.05) is 6.92 Å². The molecule has 0 aliphatic rings. The maximum Gasteiger partial charge on any atom is 0.253 e. The number of aryl methyl sites for hydroxylation is 1. The van der Waals surface area contributed by atoms with Crippen LogP contribution in [0, 0.1) is 6.92 Å². The van der Waals surface area contributed by atoms with Crippen LogP contribution < -0.4 is 9.47 Å². The number of ether oxygens (including phenoxy) is 2. The Morgan fingerprint density at radius 3 is 2.76 bits per heavy atom. The summed E-state index contributed by atoms with van der Waals surface area (Å²) in [6, 6.07) is 5.46. The van der Waals surface area contributed by atoms with Crippen LogP contribution >= 0.6 is 15.9 Å². The molecule has 0 aliphatic heterocycles. The largest absolute Gasteiger partial charge is 0.497 e. The van der Waals surface area contributed by atoms with Crippen LogP contribution in [0.2, 0.25) is 0 Å². The molecule has 0 bridgehead atoms. The number of rotatable bonds is 4. The van der Waals surface area contributed by atoms with Crippen LogP contribution in [0.5, 0.6) is 11.5 Å². The van der Waals surface area contributed by atoms with Crippen LogP contribution in [-0.2, 0) is 6.61 Å². The second-order valence-corrected chi connectivity index (χ2v) is 4.15. The fourth-order valence-electron chi connectivity index (χ4n) is 1.26. The van der Waals surface area contributed by atoms with E-state index in [1.807, 2.05) is 18.2 Å². The minimum absolute atomic E-state index is 0.242. The van der Waals surface area contributed by atoms with Crippen molar-refractivity contribution in [2.75, 3.05) is 7.11 Å². The quantitative estimate of drug-likeness (QED) is 0.869. The summed E-state index contributed by atoms with van der Waals surface area (Å²) in [5, 5.41) is 7.56. The minimum atomic E-state index is 0.242. The number of aromatic nitrogens is 2. The summed E-state index contributed by atoms with van der Waals surface area (Å²) >= 11 is 3.40. The number of methoxy groups -OCH3 is 1. The van der Waals surface area contributed by atoms with E-state index in [9.17, 15) is 0 Å². The van der Waals surface area contributed by atoms with Crippen molar-refractivity contribution in [3.8, 4) is 11.5 Å². The van der Waals surface area contributed by atoms with Crippen molar-refractivity contribution < 1.29 is 13.9 Å². The number of halogens is 1. The Bertz CT molecular complexity index is 513. The van der Waals surface area contributed by atoms with Crippen molar-refractivity contribution in [3.63, 3.8) is 0 Å². The lowest BCUT2D eigenvalue weighted by Gasteiger charge is -2.07. The van der Waals surface area contributed by atoms with E-state index in [4.69, 9.17) is 13.9 Å². The van der Waals surface area contributed by atoms with Gasteiger partial charge in [0.25, 0.3) is 5.89 Å². The highest BCUT2D eigenvalue weighted by atomic mass is 79.9. The van der Waals surface area contributed by atoms with E-state index in [0.717, 1.165) is 10.2 Å². The molecule has 2 rings (SSSR count). The molecule has 1 heterocycles. The average Bonchev–Trinajstić information content (AvgIpc) is 2.73. The Morgan fingerprint density at radius 2 is 2.18 bits per heavy atom. The standard InChI is InChI=1S/C11H11BrN2O3/c1-7-13-14-11(17-7)6-16-10-4-3-8(15-2)5-9(10)12/h3-5H,6H2,1-2H3. The normalized spacial score (nSPS) is 10.3. The molecule has 0 unspecified atom stereocenters. The molecule has 5 nitrogen and oxygen atoms in total. The maximum absolute atomic E-state index is 5.54. The zero-order valence-electron chi connectivity index (χ0n) is 9.44. The monoisotopic (exact) mass is 298 g/mol. The molecule has 17 heavy (non-hydrogen) atoms. The Morgan fingerprint density at radius 1 is 1.35 bits per heavy atom. The number of hydrogen-bond donors (Lipinski definition) is 0. The summed E-state index contributed by atoms with van der Waals surface area (Å²) in [4.78, 5) is 0. The van der Waals surface area contributed by atoms with Gasteiger partial charge in [0.1, 0.15) is 11.5 Å². The summed E-state index contributed by atoms with van der Waals surface area (Å²) in [6.07, 6.45) is 0. The molecule has 0 N–H and O–H groups in total. The van der Waals surface area contributed by atoms with Crippen LogP contribution in [-0.4, -0.2) is 17.3 Å². The van der Waals surface area contributed by atoms with Crippen molar-refractivity contribution in [1.82, 2.24) is 10.2 Å². The molecule has 0 saturated heterocycles. The van der Waals surface area contributed by atoms with E-state index in [-0.39, 0.29) is 6.61 Å². The second kappa shape index (κ2) is 5.18. The van der Waals surface area contributed by atoms with Gasteiger partial charge in [-0.2, -0.15) is 0 Å². The first-order valence-electron chi connectivity index (χ1n) is 4.94. The lowest BCUT2D eigenvalue weighted by molar-refractivity contribution is 0.258. The SMILES string of the molecule is COc1ccc(OCc2nnc(C)o2)c(Br)c1. The summed E-state index contributed by atoms with van der Waals surface area (Å²) in [5.41, 5.74) is 0. The lowest BCUT2D eigenvalue weighted by atomic mass is 10.3. The predicted molar refractivity (Wildman–Crippen MR) is 64.1 cm³/mol. The number of benzene rings is 1. The van der Waals surface area contributed by atoms with E-state index in [0.29, 0.717) is 17.5 Å². The Labute approximate surface area is 107 Å². The van der Waals surface area contributed by atoms with Crippen molar-refractivity contribution in [3.05, 3.63) is 34.5 Å². The van der Waals surface area contributed by atoms with Gasteiger partial charge in [-0.05, 0) is 34.1 Å². The Hall–Kier alpha value is -1.56. The van der Waals surface area contributed by atoms with Crippen LogP contribution in [0.1, 0.15) is 11.8 Å². The van der Waals surface area contributed by atoms with Gasteiger partial charge >= 0.3 is 0 Å². The van der Waals surface area contributed by atoms with Gasteiger partial charge in [-0.3, -0.25) is 0 Å². The molecule has 2 aromatic rings. The average molecular weight is 299 g/mol. The first kappa shape index (κ1) is 11.9. The Balaban J connectivity index is 2.04. The van der Waals surface area contributed by atoms with Crippen LogP contribution in [0.4, 0.5) is 0 Å². The molecule has 1 aromatic carbocycles. The third-order valence-corrected chi connectivity index (χ3v) is 2.68. The zero-order valence-corrected chi connectivity index (χ0v) is 11.0. The van der Waals surface area contributed by atoms with Gasteiger partial charge in [-0.25, -0.2) is 0 Å². The van der Waals surface area contributed by atoms with E-state index >= 15 is 0 Å². The molecule has 1 aromatic heterocycles. The third kappa shape index (κ3) is 2.97. The molecule has 6 heteroatoms. The minimum Gasteiger partial charge on any atom is -0.497 e. The third-order valence-electron chi connectivity index (χ3n) is 2.06. The van der Waals surface area contributed by atoms with Crippen molar-refractivity contribution in [2.24, 2.45) is 0 Å². The van der Waals surface area contributed by atoms with Gasteiger partial charge in [-0.15, -0.1) is 10.2 Å². The zero-order chi connectivity index (χ0) is 12.3. The molecule has 0 amide bonds. The van der Waals surface area contributed by atoms with E-state index in [2.05, 4.69) is 26.1 Å². The highest BCUT2D eigenvalue weighted by molar-refractivity contribution is 9.10. The van der Waals surface area contributed by atoms with Crippen LogP contribution in [0.15, 0.2) is 27.1 Å². The Kier molecular flexibility index (Phi) is 3.63. The van der Waals surface area contributed by atoms with Crippen molar-refractivity contribution in [1.29, 1.82) is 0 Å². The van der Waals surface area contributed by atoms with E-state index in [1.54, 1.807) is 14.0 Å². The number of hydrogen-bond acceptors (Lipinski definition) is 5. The van der Waals surface area contributed by atoms with Gasteiger partial charge in [-0.1, -0.05) is 0 Å². The fourth-order valence-corrected chi connectivity index (χ4v) is 1.73. The predicted octanol–water partition coefficient (Wildman–Crippen LogP) is 2.73. The van der Waals surface area contributed by atoms with Crippen molar-refractivity contribution in [2.45, 2.75) is 13.5 Å². The molecule has 0 radical (unpaired) electrons. The van der Waals surface area contributed by atoms with E-state index < -0.39 is 0 Å². The highest BCUT2D eigenvalue weighted by Gasteiger charge is 2.06. The molecule has 90 valence electrons. The second-order valence-electron chi connectivity index (χ2n) is 3.30. The smallest absolute Gasteiger partial charge is 0.253 e. The molecule has 0 fully saturated rings. The summed E-state index contributed by atoms with van der Waals surface area (Å²) in [5.74, 6) is 2.43. The molecule has 0 spiro atoms. The topological polar surface area (TPSA) is 57.4 Å². The molecular weight excluding hydrogens is 288 g/mol. The first-order valence-corrected chi connectivity index (χ1v) is 5.73. The molecule has 0 aliphatic carbocycles. The molecular formula is C11H11BrN2O3. The van der Waals surface area contributed by atoms with Gasteiger partial charge in [0.15, 0.2) is 6.61 Å². The van der Waals surface area contributed by atoms with Crippen LogP contribution in [0.3, 0.4) is 0 Å². The van der Waals surface area contributed by atoms with Gasteiger partial charge in [0.05, 0.1) is 11.6 Å². The van der Waals surface area contributed by atoms with Crippen LogP contribution in [0.25, 0.3) is 0 Å². The molecule has 0 atom stereocenters. The summed E-state index contributed by atoms with van der Waals surface area (Å²) in [6.45, 7) is 1.98. The highest BCUT2D eigenvalue weighted by Crippen LogP contribution is 2.29. The summed E-state index contributed by atoms with van der Waals surface area (Å²) in [7, 11) is 1.61. The maximum atomic E-state index is 5.54. The van der Waals surface area contributed by atoms with Gasteiger partial charge in [0.2, 0.25) is 5.89 Å².